The second-order valence-electron chi connectivity index (χ2n) is 4.36. The third-order valence-corrected chi connectivity index (χ3v) is 5.07. The Kier molecular flexibility index (Phi) is 3.20. The Morgan fingerprint density at radius 2 is 2.16 bits per heavy atom. The van der Waals surface area contributed by atoms with E-state index in [1.807, 2.05) is 17.7 Å². The van der Waals surface area contributed by atoms with Crippen molar-refractivity contribution in [1.29, 1.82) is 0 Å². The molecule has 98 valence electrons. The number of thiophene rings is 1. The van der Waals surface area contributed by atoms with Crippen molar-refractivity contribution >= 4 is 32.9 Å². The molecule has 0 spiro atoms. The zero-order chi connectivity index (χ0) is 13.4. The molecule has 0 amide bonds. The van der Waals surface area contributed by atoms with E-state index in [4.69, 9.17) is 0 Å². The summed E-state index contributed by atoms with van der Waals surface area (Å²) in [4.78, 5) is 21.2. The molecule has 0 N–H and O–H groups in total. The molecule has 0 bridgehead atoms. The molecule has 0 unspecified atom stereocenters. The highest BCUT2D eigenvalue weighted by atomic mass is 32.1. The zero-order valence-electron chi connectivity index (χ0n) is 10.7. The van der Waals surface area contributed by atoms with Gasteiger partial charge in [-0.25, -0.2) is 9.97 Å². The van der Waals surface area contributed by atoms with Crippen LogP contribution in [-0.4, -0.2) is 14.5 Å². The molecule has 0 aliphatic rings. The summed E-state index contributed by atoms with van der Waals surface area (Å²) in [5.41, 5.74) is 2.83. The Labute approximate surface area is 118 Å². The minimum Gasteiger partial charge on any atom is -0.292 e. The monoisotopic (exact) mass is 291 g/mol. The first-order valence-corrected chi connectivity index (χ1v) is 7.81. The van der Waals surface area contributed by atoms with E-state index in [2.05, 4.69) is 16.9 Å². The van der Waals surface area contributed by atoms with Gasteiger partial charge in [0.2, 0.25) is 0 Å². The third kappa shape index (κ3) is 2.21. The molecule has 0 radical (unpaired) electrons. The molecule has 0 fully saturated rings. The standard InChI is InChI=1S/C13H13N3OS2/c1-3-10-15-9(6-18-10)4-16-7-14-11-8(2)5-19-12(11)13(16)17/h5-7H,3-4H2,1-2H3. The molecule has 3 heterocycles. The maximum Gasteiger partial charge on any atom is 0.271 e. The van der Waals surface area contributed by atoms with Gasteiger partial charge in [0.25, 0.3) is 5.56 Å². The summed E-state index contributed by atoms with van der Waals surface area (Å²) in [6, 6.07) is 0. The van der Waals surface area contributed by atoms with Crippen LogP contribution in [0.15, 0.2) is 21.9 Å². The molecule has 0 aliphatic heterocycles. The van der Waals surface area contributed by atoms with Crippen molar-refractivity contribution in [3.8, 4) is 0 Å². The quantitative estimate of drug-likeness (QED) is 0.745. The molecule has 0 aliphatic carbocycles. The van der Waals surface area contributed by atoms with Crippen LogP contribution in [0.3, 0.4) is 0 Å². The van der Waals surface area contributed by atoms with Gasteiger partial charge in [0.1, 0.15) is 4.70 Å². The Balaban J connectivity index is 2.01. The van der Waals surface area contributed by atoms with Crippen LogP contribution in [0, 0.1) is 6.92 Å². The normalized spacial score (nSPS) is 11.3. The van der Waals surface area contributed by atoms with Crippen LogP contribution in [0.1, 0.15) is 23.2 Å². The van der Waals surface area contributed by atoms with Gasteiger partial charge in [-0.15, -0.1) is 22.7 Å². The Hall–Kier alpha value is -1.53. The van der Waals surface area contributed by atoms with Crippen LogP contribution in [0.4, 0.5) is 0 Å². The van der Waals surface area contributed by atoms with Gasteiger partial charge in [-0.05, 0) is 24.3 Å². The minimum absolute atomic E-state index is 0.0224. The number of fused-ring (bicyclic) bond motifs is 1. The number of nitrogens with zero attached hydrogens (tertiary/aromatic N) is 3. The van der Waals surface area contributed by atoms with Crippen molar-refractivity contribution in [3.05, 3.63) is 43.7 Å². The molecular formula is C13H13N3OS2. The van der Waals surface area contributed by atoms with Crippen molar-refractivity contribution in [2.75, 3.05) is 0 Å². The lowest BCUT2D eigenvalue weighted by atomic mass is 10.3. The predicted octanol–water partition coefficient (Wildman–Crippen LogP) is 2.83. The van der Waals surface area contributed by atoms with E-state index < -0.39 is 0 Å². The van der Waals surface area contributed by atoms with Crippen LogP contribution >= 0.6 is 22.7 Å². The minimum atomic E-state index is 0.0224. The molecular weight excluding hydrogens is 278 g/mol. The van der Waals surface area contributed by atoms with Gasteiger partial charge in [0, 0.05) is 5.38 Å². The third-order valence-electron chi connectivity index (χ3n) is 2.96. The number of aromatic nitrogens is 3. The number of aryl methyl sites for hydroxylation is 2. The molecule has 3 aromatic heterocycles. The first-order valence-electron chi connectivity index (χ1n) is 6.05. The molecule has 3 aromatic rings. The fourth-order valence-electron chi connectivity index (χ4n) is 1.93. The summed E-state index contributed by atoms with van der Waals surface area (Å²) in [5, 5.41) is 5.08. The first kappa shape index (κ1) is 12.5. The zero-order valence-corrected chi connectivity index (χ0v) is 12.3. The largest absolute Gasteiger partial charge is 0.292 e. The van der Waals surface area contributed by atoms with Crippen LogP contribution in [0.25, 0.3) is 10.2 Å². The number of rotatable bonds is 3. The van der Waals surface area contributed by atoms with Crippen LogP contribution < -0.4 is 5.56 Å². The molecule has 0 saturated carbocycles. The van der Waals surface area contributed by atoms with Gasteiger partial charge >= 0.3 is 0 Å². The van der Waals surface area contributed by atoms with Gasteiger partial charge in [0.05, 0.1) is 29.1 Å². The van der Waals surface area contributed by atoms with Gasteiger partial charge in [-0.2, -0.15) is 0 Å². The van der Waals surface area contributed by atoms with Crippen molar-refractivity contribution in [2.24, 2.45) is 0 Å². The Morgan fingerprint density at radius 3 is 2.89 bits per heavy atom. The molecule has 0 atom stereocenters. The predicted molar refractivity (Wildman–Crippen MR) is 79.2 cm³/mol. The lowest BCUT2D eigenvalue weighted by molar-refractivity contribution is 0.732. The van der Waals surface area contributed by atoms with Crippen molar-refractivity contribution in [3.63, 3.8) is 0 Å². The second kappa shape index (κ2) is 4.86. The van der Waals surface area contributed by atoms with E-state index in [9.17, 15) is 4.79 Å². The summed E-state index contributed by atoms with van der Waals surface area (Å²) in [6.45, 7) is 4.55. The smallest absolute Gasteiger partial charge is 0.271 e. The van der Waals surface area contributed by atoms with E-state index in [1.54, 1.807) is 22.2 Å². The summed E-state index contributed by atoms with van der Waals surface area (Å²) in [7, 11) is 0. The summed E-state index contributed by atoms with van der Waals surface area (Å²) < 4.78 is 2.36. The van der Waals surface area contributed by atoms with E-state index in [-0.39, 0.29) is 5.56 Å². The fraction of sp³-hybridized carbons (Fsp3) is 0.308. The molecule has 3 rings (SSSR count). The lowest BCUT2D eigenvalue weighted by Gasteiger charge is -2.02. The summed E-state index contributed by atoms with van der Waals surface area (Å²) in [5.74, 6) is 0. The molecule has 0 saturated heterocycles. The van der Waals surface area contributed by atoms with Gasteiger partial charge < -0.3 is 0 Å². The summed E-state index contributed by atoms with van der Waals surface area (Å²) >= 11 is 3.10. The fourth-order valence-corrected chi connectivity index (χ4v) is 3.62. The van der Waals surface area contributed by atoms with Crippen molar-refractivity contribution in [2.45, 2.75) is 26.8 Å². The maximum atomic E-state index is 12.3. The molecule has 6 heteroatoms. The topological polar surface area (TPSA) is 47.8 Å². The van der Waals surface area contributed by atoms with Gasteiger partial charge in [-0.1, -0.05) is 6.92 Å². The van der Waals surface area contributed by atoms with Crippen LogP contribution in [0.2, 0.25) is 0 Å². The Morgan fingerprint density at radius 1 is 1.32 bits per heavy atom. The van der Waals surface area contributed by atoms with Gasteiger partial charge in [-0.3, -0.25) is 9.36 Å². The number of thiazole rings is 1. The van der Waals surface area contributed by atoms with Crippen LogP contribution in [0.5, 0.6) is 0 Å². The first-order chi connectivity index (χ1) is 9.19. The average molecular weight is 291 g/mol. The highest BCUT2D eigenvalue weighted by molar-refractivity contribution is 7.17. The number of hydrogen-bond donors (Lipinski definition) is 0. The highest BCUT2D eigenvalue weighted by Crippen LogP contribution is 2.19. The van der Waals surface area contributed by atoms with Gasteiger partial charge in [0.15, 0.2) is 0 Å². The van der Waals surface area contributed by atoms with Crippen molar-refractivity contribution in [1.82, 2.24) is 14.5 Å². The number of hydrogen-bond acceptors (Lipinski definition) is 5. The van der Waals surface area contributed by atoms with E-state index >= 15 is 0 Å². The lowest BCUT2D eigenvalue weighted by Crippen LogP contribution is -2.20. The highest BCUT2D eigenvalue weighted by Gasteiger charge is 2.09. The van der Waals surface area contributed by atoms with Crippen molar-refractivity contribution < 1.29 is 0 Å². The molecule has 4 nitrogen and oxygen atoms in total. The maximum absolute atomic E-state index is 12.3. The SMILES string of the molecule is CCc1nc(Cn2cnc3c(C)csc3c2=O)cs1. The molecule has 0 aromatic carbocycles. The average Bonchev–Trinajstić information content (AvgIpc) is 3.00. The summed E-state index contributed by atoms with van der Waals surface area (Å²) in [6.07, 6.45) is 2.55. The van der Waals surface area contributed by atoms with E-state index in [0.717, 1.165) is 32.9 Å². The second-order valence-corrected chi connectivity index (χ2v) is 6.18. The Bertz CT molecular complexity index is 785. The van der Waals surface area contributed by atoms with Crippen LogP contribution in [-0.2, 0) is 13.0 Å². The molecule has 19 heavy (non-hydrogen) atoms. The van der Waals surface area contributed by atoms with E-state index in [1.165, 1.54) is 11.3 Å². The van der Waals surface area contributed by atoms with E-state index in [0.29, 0.717) is 6.54 Å².